The van der Waals surface area contributed by atoms with Crippen molar-refractivity contribution in [3.8, 4) is 5.69 Å². The summed E-state index contributed by atoms with van der Waals surface area (Å²) in [4.78, 5) is 11.8. The van der Waals surface area contributed by atoms with Gasteiger partial charge in [-0.25, -0.2) is 9.48 Å². The minimum absolute atomic E-state index is 0.183. The van der Waals surface area contributed by atoms with E-state index in [1.807, 2.05) is 37.3 Å². The Hall–Kier alpha value is -2.34. The number of para-hydroxylation sites is 1. The summed E-state index contributed by atoms with van der Waals surface area (Å²) in [6.07, 6.45) is 0. The Labute approximate surface area is 117 Å². The van der Waals surface area contributed by atoms with E-state index < -0.39 is 5.97 Å². The molecule has 0 amide bonds. The van der Waals surface area contributed by atoms with Crippen LogP contribution in [0.15, 0.2) is 30.3 Å². The highest BCUT2D eigenvalue weighted by atomic mass is 16.5. The number of hydrogen-bond donors (Lipinski definition) is 1. The molecule has 0 fully saturated rings. The van der Waals surface area contributed by atoms with E-state index in [0.29, 0.717) is 18.0 Å². The van der Waals surface area contributed by atoms with Crippen molar-refractivity contribution in [2.45, 2.75) is 13.5 Å². The van der Waals surface area contributed by atoms with Crippen LogP contribution < -0.4 is 5.73 Å². The second kappa shape index (κ2) is 6.21. The molecule has 1 heterocycles. The van der Waals surface area contributed by atoms with Gasteiger partial charge in [-0.1, -0.05) is 18.2 Å². The lowest BCUT2D eigenvalue weighted by molar-refractivity contribution is 0.0586. The van der Waals surface area contributed by atoms with Gasteiger partial charge < -0.3 is 15.2 Å². The van der Waals surface area contributed by atoms with E-state index in [1.54, 1.807) is 0 Å². The van der Waals surface area contributed by atoms with E-state index in [-0.39, 0.29) is 12.3 Å². The van der Waals surface area contributed by atoms with Crippen molar-refractivity contribution in [2.24, 2.45) is 0 Å². The van der Waals surface area contributed by atoms with Gasteiger partial charge in [-0.3, -0.25) is 0 Å². The summed E-state index contributed by atoms with van der Waals surface area (Å²) >= 11 is 0. The van der Waals surface area contributed by atoms with Crippen LogP contribution in [0, 0.1) is 0 Å². The molecule has 2 rings (SSSR count). The van der Waals surface area contributed by atoms with Crippen LogP contribution in [-0.4, -0.2) is 29.5 Å². The molecule has 6 heteroatoms. The van der Waals surface area contributed by atoms with Crippen molar-refractivity contribution in [2.75, 3.05) is 19.5 Å². The van der Waals surface area contributed by atoms with Crippen molar-refractivity contribution >= 4 is 11.8 Å². The van der Waals surface area contributed by atoms with E-state index in [9.17, 15) is 4.79 Å². The predicted octanol–water partition coefficient (Wildman–Crippen LogP) is 1.78. The molecule has 106 valence electrons. The maximum Gasteiger partial charge on any atom is 0.359 e. The highest BCUT2D eigenvalue weighted by molar-refractivity contribution is 5.90. The van der Waals surface area contributed by atoms with Crippen LogP contribution in [0.3, 0.4) is 0 Å². The van der Waals surface area contributed by atoms with Crippen molar-refractivity contribution in [3.05, 3.63) is 41.6 Å². The van der Waals surface area contributed by atoms with E-state index >= 15 is 0 Å². The molecule has 0 saturated heterocycles. The second-order valence-corrected chi connectivity index (χ2v) is 4.09. The van der Waals surface area contributed by atoms with Crippen molar-refractivity contribution in [1.29, 1.82) is 0 Å². The van der Waals surface area contributed by atoms with E-state index in [2.05, 4.69) is 5.10 Å². The summed E-state index contributed by atoms with van der Waals surface area (Å²) in [7, 11) is 1.31. The highest BCUT2D eigenvalue weighted by Crippen LogP contribution is 2.22. The number of nitrogens with two attached hydrogens (primary N) is 1. The Balaban J connectivity index is 2.49. The molecule has 0 bridgehead atoms. The summed E-state index contributed by atoms with van der Waals surface area (Å²) in [5.74, 6) is -0.147. The number of benzene rings is 1. The fourth-order valence-corrected chi connectivity index (χ4v) is 1.84. The van der Waals surface area contributed by atoms with Gasteiger partial charge in [0.2, 0.25) is 0 Å². The number of carbonyl (C=O) groups is 1. The third kappa shape index (κ3) is 2.65. The van der Waals surface area contributed by atoms with Gasteiger partial charge in [0.25, 0.3) is 0 Å². The zero-order valence-corrected chi connectivity index (χ0v) is 11.5. The first-order valence-corrected chi connectivity index (χ1v) is 6.27. The molecule has 2 aromatic rings. The average molecular weight is 275 g/mol. The quantitative estimate of drug-likeness (QED) is 0.841. The number of rotatable bonds is 5. The third-order valence-electron chi connectivity index (χ3n) is 2.85. The molecule has 0 atom stereocenters. The van der Waals surface area contributed by atoms with Gasteiger partial charge in [0.15, 0.2) is 5.69 Å². The SMILES string of the molecule is CCOCc1c(C(=O)OC)nn(-c2ccccc2)c1N. The Morgan fingerprint density at radius 2 is 2.05 bits per heavy atom. The molecule has 0 saturated carbocycles. The van der Waals surface area contributed by atoms with Gasteiger partial charge in [-0.05, 0) is 19.1 Å². The fourth-order valence-electron chi connectivity index (χ4n) is 1.84. The predicted molar refractivity (Wildman–Crippen MR) is 74.6 cm³/mol. The van der Waals surface area contributed by atoms with Gasteiger partial charge in [-0.2, -0.15) is 5.10 Å². The Morgan fingerprint density at radius 1 is 1.35 bits per heavy atom. The van der Waals surface area contributed by atoms with Crippen LogP contribution >= 0.6 is 0 Å². The van der Waals surface area contributed by atoms with Crippen LogP contribution in [0.5, 0.6) is 0 Å². The van der Waals surface area contributed by atoms with Crippen LogP contribution in [0.1, 0.15) is 23.0 Å². The molecular weight excluding hydrogens is 258 g/mol. The molecule has 0 unspecified atom stereocenters. The highest BCUT2D eigenvalue weighted by Gasteiger charge is 2.22. The van der Waals surface area contributed by atoms with Crippen LogP contribution in [0.25, 0.3) is 5.69 Å². The lowest BCUT2D eigenvalue weighted by Crippen LogP contribution is -2.07. The molecule has 20 heavy (non-hydrogen) atoms. The fraction of sp³-hybridized carbons (Fsp3) is 0.286. The van der Waals surface area contributed by atoms with E-state index in [1.165, 1.54) is 11.8 Å². The van der Waals surface area contributed by atoms with Crippen molar-refractivity contribution in [3.63, 3.8) is 0 Å². The molecule has 1 aromatic carbocycles. The molecule has 0 radical (unpaired) electrons. The number of hydrogen-bond acceptors (Lipinski definition) is 5. The van der Waals surface area contributed by atoms with Gasteiger partial charge in [0, 0.05) is 6.61 Å². The normalized spacial score (nSPS) is 10.5. The molecule has 2 N–H and O–H groups in total. The van der Waals surface area contributed by atoms with Gasteiger partial charge in [0.05, 0.1) is 25.0 Å². The minimum Gasteiger partial charge on any atom is -0.464 e. The summed E-state index contributed by atoms with van der Waals surface area (Å²) in [5.41, 5.74) is 7.58. The lowest BCUT2D eigenvalue weighted by atomic mass is 10.2. The number of esters is 1. The number of anilines is 1. The van der Waals surface area contributed by atoms with Gasteiger partial charge in [0.1, 0.15) is 5.82 Å². The van der Waals surface area contributed by atoms with E-state index in [0.717, 1.165) is 5.69 Å². The van der Waals surface area contributed by atoms with Crippen LogP contribution in [0.2, 0.25) is 0 Å². The zero-order chi connectivity index (χ0) is 14.5. The van der Waals surface area contributed by atoms with Gasteiger partial charge in [-0.15, -0.1) is 0 Å². The number of methoxy groups -OCH3 is 1. The smallest absolute Gasteiger partial charge is 0.359 e. The summed E-state index contributed by atoms with van der Waals surface area (Å²) in [5, 5.41) is 4.24. The van der Waals surface area contributed by atoms with E-state index in [4.69, 9.17) is 15.2 Å². The first kappa shape index (κ1) is 14.1. The molecule has 6 nitrogen and oxygen atoms in total. The Morgan fingerprint density at radius 3 is 2.65 bits per heavy atom. The first-order valence-electron chi connectivity index (χ1n) is 6.27. The number of aromatic nitrogens is 2. The number of nitrogens with zero attached hydrogens (tertiary/aromatic N) is 2. The maximum atomic E-state index is 11.8. The second-order valence-electron chi connectivity index (χ2n) is 4.09. The van der Waals surface area contributed by atoms with Gasteiger partial charge >= 0.3 is 5.97 Å². The standard InChI is InChI=1S/C14H17N3O3/c1-3-20-9-11-12(14(18)19-2)16-17(13(11)15)10-7-5-4-6-8-10/h4-8H,3,9,15H2,1-2H3. The molecule has 0 aliphatic carbocycles. The first-order chi connectivity index (χ1) is 9.69. The van der Waals surface area contributed by atoms with Crippen molar-refractivity contribution in [1.82, 2.24) is 9.78 Å². The monoisotopic (exact) mass is 275 g/mol. The lowest BCUT2D eigenvalue weighted by Gasteiger charge is -2.04. The molecule has 0 aliphatic rings. The molecular formula is C14H17N3O3. The number of ether oxygens (including phenoxy) is 2. The molecule has 0 spiro atoms. The Bertz CT molecular complexity index is 593. The Kier molecular flexibility index (Phi) is 4.37. The number of nitrogen functional groups attached to an aromatic ring is 1. The maximum absolute atomic E-state index is 11.8. The summed E-state index contributed by atoms with van der Waals surface area (Å²) < 4.78 is 11.6. The minimum atomic E-state index is -0.527. The summed E-state index contributed by atoms with van der Waals surface area (Å²) in [6, 6.07) is 9.35. The zero-order valence-electron chi connectivity index (χ0n) is 11.5. The van der Waals surface area contributed by atoms with Crippen LogP contribution in [0.4, 0.5) is 5.82 Å². The van der Waals surface area contributed by atoms with Crippen molar-refractivity contribution < 1.29 is 14.3 Å². The number of carbonyl (C=O) groups excluding carboxylic acids is 1. The van der Waals surface area contributed by atoms with Crippen LogP contribution in [-0.2, 0) is 16.1 Å². The summed E-state index contributed by atoms with van der Waals surface area (Å²) in [6.45, 7) is 2.62. The third-order valence-corrected chi connectivity index (χ3v) is 2.85. The topological polar surface area (TPSA) is 79.4 Å². The molecule has 0 aliphatic heterocycles. The average Bonchev–Trinajstić information content (AvgIpc) is 2.82. The molecule has 1 aromatic heterocycles. The largest absolute Gasteiger partial charge is 0.464 e.